The zero-order chi connectivity index (χ0) is 22.7. The summed E-state index contributed by atoms with van der Waals surface area (Å²) in [5.41, 5.74) is 6.13. The lowest BCUT2D eigenvalue weighted by Crippen LogP contribution is -2.40. The molecule has 0 unspecified atom stereocenters. The highest BCUT2D eigenvalue weighted by Crippen LogP contribution is 2.11. The van der Waals surface area contributed by atoms with Crippen LogP contribution in [0.3, 0.4) is 0 Å². The predicted molar refractivity (Wildman–Crippen MR) is 118 cm³/mol. The lowest BCUT2D eigenvalue weighted by molar-refractivity contribution is 0.0772. The third kappa shape index (κ3) is 8.10. The molecule has 5 N–H and O–H groups in total. The Morgan fingerprint density at radius 1 is 0.800 bits per heavy atom. The normalized spacial score (nSPS) is 10.4. The quantitative estimate of drug-likeness (QED) is 0.455. The van der Waals surface area contributed by atoms with Crippen molar-refractivity contribution in [2.75, 3.05) is 24.0 Å². The van der Waals surface area contributed by atoms with E-state index in [9.17, 15) is 9.59 Å². The van der Waals surface area contributed by atoms with Crippen LogP contribution in [0.25, 0.3) is 0 Å². The maximum atomic E-state index is 11.8. The van der Waals surface area contributed by atoms with Gasteiger partial charge in [0.2, 0.25) is 0 Å². The molecule has 164 valence electrons. The molecule has 2 rings (SSSR count). The topological polar surface area (TPSA) is 114 Å². The van der Waals surface area contributed by atoms with Crippen LogP contribution < -0.4 is 16.3 Å². The average Bonchev–Trinajstić information content (AvgIpc) is 2.74. The zero-order valence-electron chi connectivity index (χ0n) is 18.2. The van der Waals surface area contributed by atoms with E-state index in [0.717, 1.165) is 0 Å². The smallest absolute Gasteiger partial charge is 0.253 e. The standard InChI is InChI=1S/2C11H16N2O2/c1-11(2,3)12-10(14)8-4-6-9(13-15)7-5-8;1-3-13(4-2)11(14)9-5-7-10(12-15)8-6-9/h4-7,13,15H,1-3H3,(H,12,14);5-8,12,15H,3-4H2,1-2H3. The summed E-state index contributed by atoms with van der Waals surface area (Å²) in [7, 11) is 0. The van der Waals surface area contributed by atoms with Gasteiger partial charge in [-0.1, -0.05) is 0 Å². The van der Waals surface area contributed by atoms with E-state index in [1.807, 2.05) is 45.6 Å². The minimum atomic E-state index is -0.245. The Labute approximate surface area is 177 Å². The van der Waals surface area contributed by atoms with E-state index in [4.69, 9.17) is 10.4 Å². The van der Waals surface area contributed by atoms with Crippen molar-refractivity contribution in [2.24, 2.45) is 0 Å². The van der Waals surface area contributed by atoms with Crippen LogP contribution in [0.4, 0.5) is 11.4 Å². The Kier molecular flexibility index (Phi) is 9.80. The van der Waals surface area contributed by atoms with Gasteiger partial charge in [-0.15, -0.1) is 0 Å². The molecule has 0 fully saturated rings. The number of nitrogens with zero attached hydrogens (tertiary/aromatic N) is 1. The van der Waals surface area contributed by atoms with Crippen molar-refractivity contribution < 1.29 is 20.0 Å². The summed E-state index contributed by atoms with van der Waals surface area (Å²) in [6.07, 6.45) is 0. The van der Waals surface area contributed by atoms with Gasteiger partial charge in [0, 0.05) is 29.8 Å². The van der Waals surface area contributed by atoms with Crippen molar-refractivity contribution in [3.63, 3.8) is 0 Å². The molecule has 0 heterocycles. The van der Waals surface area contributed by atoms with E-state index >= 15 is 0 Å². The molecule has 2 aromatic carbocycles. The zero-order valence-corrected chi connectivity index (χ0v) is 18.2. The molecule has 2 amide bonds. The Morgan fingerprint density at radius 3 is 1.53 bits per heavy atom. The molecular formula is C22H32N4O4. The molecule has 0 aliphatic carbocycles. The third-order valence-electron chi connectivity index (χ3n) is 4.08. The average molecular weight is 417 g/mol. The number of rotatable bonds is 6. The lowest BCUT2D eigenvalue weighted by atomic mass is 10.1. The molecule has 8 heteroatoms. The van der Waals surface area contributed by atoms with Crippen LogP contribution in [0.1, 0.15) is 55.3 Å². The molecule has 0 bridgehead atoms. The van der Waals surface area contributed by atoms with Crippen molar-refractivity contribution in [3.05, 3.63) is 59.7 Å². The molecule has 0 saturated carbocycles. The summed E-state index contributed by atoms with van der Waals surface area (Å²) in [6, 6.07) is 13.3. The van der Waals surface area contributed by atoms with E-state index < -0.39 is 0 Å². The number of carbonyl (C=O) groups is 2. The lowest BCUT2D eigenvalue weighted by Gasteiger charge is -2.20. The first-order valence-electron chi connectivity index (χ1n) is 9.77. The van der Waals surface area contributed by atoms with Crippen LogP contribution >= 0.6 is 0 Å². The Bertz CT molecular complexity index is 795. The van der Waals surface area contributed by atoms with E-state index in [1.54, 1.807) is 53.4 Å². The fourth-order valence-electron chi connectivity index (χ4n) is 2.49. The van der Waals surface area contributed by atoms with Crippen LogP contribution in [-0.2, 0) is 0 Å². The minimum Gasteiger partial charge on any atom is -0.347 e. The fraction of sp³-hybridized carbons (Fsp3) is 0.364. The van der Waals surface area contributed by atoms with E-state index in [2.05, 4.69) is 5.32 Å². The summed E-state index contributed by atoms with van der Waals surface area (Å²) in [4.78, 5) is 25.3. The van der Waals surface area contributed by atoms with Crippen LogP contribution in [0.15, 0.2) is 48.5 Å². The monoisotopic (exact) mass is 416 g/mol. The fourth-order valence-corrected chi connectivity index (χ4v) is 2.49. The van der Waals surface area contributed by atoms with Gasteiger partial charge in [-0.3, -0.25) is 31.0 Å². The first kappa shape index (κ1) is 24.9. The Morgan fingerprint density at radius 2 is 1.20 bits per heavy atom. The molecule has 0 saturated heterocycles. The van der Waals surface area contributed by atoms with Crippen molar-refractivity contribution in [1.82, 2.24) is 10.2 Å². The second-order valence-corrected chi connectivity index (χ2v) is 7.56. The van der Waals surface area contributed by atoms with Crippen LogP contribution in [-0.4, -0.2) is 45.8 Å². The minimum absolute atomic E-state index is 0.0180. The maximum absolute atomic E-state index is 11.8. The van der Waals surface area contributed by atoms with Gasteiger partial charge in [0.05, 0.1) is 11.4 Å². The number of hydrogen-bond donors (Lipinski definition) is 5. The van der Waals surface area contributed by atoms with Crippen LogP contribution in [0.2, 0.25) is 0 Å². The van der Waals surface area contributed by atoms with Gasteiger partial charge in [-0.25, -0.2) is 0 Å². The van der Waals surface area contributed by atoms with Gasteiger partial charge in [0.25, 0.3) is 11.8 Å². The summed E-state index contributed by atoms with van der Waals surface area (Å²) >= 11 is 0. The molecular weight excluding hydrogens is 384 g/mol. The van der Waals surface area contributed by atoms with Gasteiger partial charge in [0.1, 0.15) is 0 Å². The summed E-state index contributed by atoms with van der Waals surface area (Å²) < 4.78 is 0. The molecule has 30 heavy (non-hydrogen) atoms. The van der Waals surface area contributed by atoms with Crippen molar-refractivity contribution in [2.45, 2.75) is 40.2 Å². The first-order valence-corrected chi connectivity index (χ1v) is 9.77. The Balaban J connectivity index is 0.000000300. The van der Waals surface area contributed by atoms with E-state index in [0.29, 0.717) is 35.6 Å². The first-order chi connectivity index (χ1) is 14.1. The highest BCUT2D eigenvalue weighted by molar-refractivity contribution is 5.95. The molecule has 0 aliphatic rings. The summed E-state index contributed by atoms with van der Waals surface area (Å²) in [5.74, 6) is -0.100. The largest absolute Gasteiger partial charge is 0.347 e. The number of hydrogen-bond acceptors (Lipinski definition) is 6. The number of anilines is 2. The maximum Gasteiger partial charge on any atom is 0.253 e. The van der Waals surface area contributed by atoms with Gasteiger partial charge in [0.15, 0.2) is 0 Å². The van der Waals surface area contributed by atoms with Crippen molar-refractivity contribution >= 4 is 23.2 Å². The number of carbonyl (C=O) groups excluding carboxylic acids is 2. The third-order valence-corrected chi connectivity index (χ3v) is 4.08. The van der Waals surface area contributed by atoms with Gasteiger partial charge in [-0.05, 0) is 83.1 Å². The van der Waals surface area contributed by atoms with E-state index in [-0.39, 0.29) is 17.4 Å². The predicted octanol–water partition coefficient (Wildman–Crippen LogP) is 3.99. The second kappa shape index (κ2) is 11.8. The summed E-state index contributed by atoms with van der Waals surface area (Å²) in [5, 5.41) is 20.1. The summed E-state index contributed by atoms with van der Waals surface area (Å²) in [6.45, 7) is 11.1. The molecule has 0 atom stereocenters. The molecule has 0 aliphatic heterocycles. The molecule has 2 aromatic rings. The Hall–Kier alpha value is -3.10. The molecule has 0 aromatic heterocycles. The van der Waals surface area contributed by atoms with Gasteiger partial charge in [-0.2, -0.15) is 0 Å². The van der Waals surface area contributed by atoms with Crippen molar-refractivity contribution in [1.29, 1.82) is 0 Å². The van der Waals surface area contributed by atoms with Crippen molar-refractivity contribution in [3.8, 4) is 0 Å². The van der Waals surface area contributed by atoms with Gasteiger partial charge < -0.3 is 10.2 Å². The van der Waals surface area contributed by atoms with Crippen LogP contribution in [0.5, 0.6) is 0 Å². The highest BCUT2D eigenvalue weighted by atomic mass is 16.5. The molecule has 8 nitrogen and oxygen atoms in total. The molecule has 0 radical (unpaired) electrons. The highest BCUT2D eigenvalue weighted by Gasteiger charge is 2.15. The number of nitrogens with one attached hydrogen (secondary N) is 3. The second-order valence-electron chi connectivity index (χ2n) is 7.56. The molecule has 0 spiro atoms. The SMILES string of the molecule is CC(C)(C)NC(=O)c1ccc(NO)cc1.CCN(CC)C(=O)c1ccc(NO)cc1. The number of amides is 2. The van der Waals surface area contributed by atoms with E-state index in [1.165, 1.54) is 0 Å². The van der Waals surface area contributed by atoms with Gasteiger partial charge >= 0.3 is 0 Å². The number of benzene rings is 2. The van der Waals surface area contributed by atoms with Crippen LogP contribution in [0, 0.1) is 0 Å².